The molecule has 15 heavy (non-hydrogen) atoms. The second kappa shape index (κ2) is 6.27. The predicted molar refractivity (Wildman–Crippen MR) is 56.7 cm³/mol. The van der Waals surface area contributed by atoms with Crippen LogP contribution in [0.25, 0.3) is 0 Å². The van der Waals surface area contributed by atoms with E-state index < -0.39 is 0 Å². The minimum atomic E-state index is 0.518. The standard InChI is InChI=1S/C7H18N8/c1-14(2)4-3-5-15(8)6-9-7-10-12-13-11-7/h3-6,8H2,1-2H3,(H2,9,10,11,12,13). The molecule has 0 fully saturated rings. The zero-order chi connectivity index (χ0) is 11.1. The van der Waals surface area contributed by atoms with Crippen LogP contribution in [-0.4, -0.2) is 64.4 Å². The quantitative estimate of drug-likeness (QED) is 0.294. The van der Waals surface area contributed by atoms with Gasteiger partial charge in [0, 0.05) is 6.54 Å². The van der Waals surface area contributed by atoms with Gasteiger partial charge in [0.15, 0.2) is 0 Å². The van der Waals surface area contributed by atoms with Crippen LogP contribution in [0.3, 0.4) is 0 Å². The highest BCUT2D eigenvalue weighted by Crippen LogP contribution is 1.91. The number of hydrazine groups is 1. The van der Waals surface area contributed by atoms with Gasteiger partial charge in [0.05, 0.1) is 6.67 Å². The molecule has 0 bridgehead atoms. The van der Waals surface area contributed by atoms with E-state index in [4.69, 9.17) is 5.84 Å². The Morgan fingerprint density at radius 2 is 2.20 bits per heavy atom. The van der Waals surface area contributed by atoms with Crippen molar-refractivity contribution < 1.29 is 0 Å². The number of hydrogen-bond donors (Lipinski definition) is 3. The topological polar surface area (TPSA) is 99.0 Å². The number of hydrogen-bond acceptors (Lipinski definition) is 7. The fourth-order valence-corrected chi connectivity index (χ4v) is 1.08. The van der Waals surface area contributed by atoms with Crippen LogP contribution in [0.15, 0.2) is 0 Å². The number of nitrogens with zero attached hydrogens (tertiary/aromatic N) is 5. The molecule has 0 saturated carbocycles. The highest BCUT2D eigenvalue weighted by molar-refractivity contribution is 5.17. The average molecular weight is 214 g/mol. The molecule has 86 valence electrons. The van der Waals surface area contributed by atoms with E-state index in [9.17, 15) is 0 Å². The van der Waals surface area contributed by atoms with E-state index in [1.807, 2.05) is 14.1 Å². The lowest BCUT2D eigenvalue weighted by molar-refractivity contribution is 0.277. The van der Waals surface area contributed by atoms with Crippen molar-refractivity contribution in [1.82, 2.24) is 30.5 Å². The second-order valence-electron chi connectivity index (χ2n) is 3.55. The molecule has 0 atom stereocenters. The molecular formula is C7H18N8. The molecule has 0 spiro atoms. The molecule has 0 aliphatic rings. The number of nitrogens with one attached hydrogen (secondary N) is 2. The molecule has 4 N–H and O–H groups in total. The first-order chi connectivity index (χ1) is 7.18. The van der Waals surface area contributed by atoms with E-state index in [1.165, 1.54) is 0 Å². The van der Waals surface area contributed by atoms with Gasteiger partial charge < -0.3 is 10.2 Å². The van der Waals surface area contributed by atoms with E-state index in [2.05, 4.69) is 30.8 Å². The van der Waals surface area contributed by atoms with Crippen molar-refractivity contribution in [2.24, 2.45) is 5.84 Å². The summed E-state index contributed by atoms with van der Waals surface area (Å²) in [5.74, 6) is 6.27. The summed E-state index contributed by atoms with van der Waals surface area (Å²) in [4.78, 5) is 2.13. The summed E-state index contributed by atoms with van der Waals surface area (Å²) in [5, 5.41) is 17.8. The third-order valence-electron chi connectivity index (χ3n) is 1.85. The molecule has 1 aromatic rings. The maximum atomic E-state index is 5.75. The first-order valence-electron chi connectivity index (χ1n) is 4.80. The predicted octanol–water partition coefficient (Wildman–Crippen LogP) is -1.30. The van der Waals surface area contributed by atoms with Gasteiger partial charge in [-0.3, -0.25) is 5.84 Å². The number of anilines is 1. The lowest BCUT2D eigenvalue weighted by Gasteiger charge is -2.17. The van der Waals surface area contributed by atoms with E-state index in [1.54, 1.807) is 5.01 Å². The fourth-order valence-electron chi connectivity index (χ4n) is 1.08. The van der Waals surface area contributed by atoms with E-state index in [-0.39, 0.29) is 0 Å². The van der Waals surface area contributed by atoms with Crippen LogP contribution in [-0.2, 0) is 0 Å². The molecule has 8 nitrogen and oxygen atoms in total. The summed E-state index contributed by atoms with van der Waals surface area (Å²) in [7, 11) is 4.08. The molecule has 0 saturated heterocycles. The van der Waals surface area contributed by atoms with Gasteiger partial charge in [-0.2, -0.15) is 0 Å². The fraction of sp³-hybridized carbons (Fsp3) is 0.857. The van der Waals surface area contributed by atoms with Crippen molar-refractivity contribution >= 4 is 5.95 Å². The van der Waals surface area contributed by atoms with Gasteiger partial charge in [-0.25, -0.2) is 10.1 Å². The minimum absolute atomic E-state index is 0.518. The van der Waals surface area contributed by atoms with E-state index >= 15 is 0 Å². The van der Waals surface area contributed by atoms with Crippen molar-refractivity contribution in [3.8, 4) is 0 Å². The van der Waals surface area contributed by atoms with Crippen molar-refractivity contribution in [1.29, 1.82) is 0 Å². The first kappa shape index (κ1) is 11.8. The van der Waals surface area contributed by atoms with Crippen molar-refractivity contribution in [3.05, 3.63) is 0 Å². The summed E-state index contributed by atoms with van der Waals surface area (Å²) in [5.41, 5.74) is 0. The molecule has 1 heterocycles. The molecule has 0 aliphatic heterocycles. The summed E-state index contributed by atoms with van der Waals surface area (Å²) in [6, 6.07) is 0. The van der Waals surface area contributed by atoms with Crippen LogP contribution < -0.4 is 11.2 Å². The third kappa shape index (κ3) is 5.25. The molecule has 1 aromatic heterocycles. The smallest absolute Gasteiger partial charge is 0.241 e. The van der Waals surface area contributed by atoms with Gasteiger partial charge in [0.2, 0.25) is 5.95 Å². The molecule has 0 amide bonds. The van der Waals surface area contributed by atoms with Crippen LogP contribution in [0.2, 0.25) is 0 Å². The molecule has 1 rings (SSSR count). The maximum Gasteiger partial charge on any atom is 0.241 e. The van der Waals surface area contributed by atoms with Crippen molar-refractivity contribution in [3.63, 3.8) is 0 Å². The highest BCUT2D eigenvalue weighted by atomic mass is 15.5. The number of nitrogens with two attached hydrogens (primary N) is 1. The highest BCUT2D eigenvalue weighted by Gasteiger charge is 2.00. The minimum Gasteiger partial charge on any atom is -0.339 e. The Morgan fingerprint density at radius 1 is 1.40 bits per heavy atom. The van der Waals surface area contributed by atoms with Crippen LogP contribution in [0.5, 0.6) is 0 Å². The Balaban J connectivity index is 2.06. The molecule has 0 radical (unpaired) electrons. The van der Waals surface area contributed by atoms with Crippen LogP contribution in [0, 0.1) is 0 Å². The number of H-pyrrole nitrogens is 1. The molecule has 0 aliphatic carbocycles. The Kier molecular flexibility index (Phi) is 4.95. The summed E-state index contributed by atoms with van der Waals surface area (Å²) < 4.78 is 0. The zero-order valence-electron chi connectivity index (χ0n) is 9.14. The monoisotopic (exact) mass is 214 g/mol. The molecule has 0 unspecified atom stereocenters. The summed E-state index contributed by atoms with van der Waals surface area (Å²) >= 11 is 0. The van der Waals surface area contributed by atoms with E-state index in [0.717, 1.165) is 19.5 Å². The lowest BCUT2D eigenvalue weighted by Crippen LogP contribution is -2.37. The van der Waals surface area contributed by atoms with Gasteiger partial charge in [-0.05, 0) is 37.5 Å². The SMILES string of the molecule is CN(C)CCCN(N)CNc1nnn[nH]1. The van der Waals surface area contributed by atoms with Crippen LogP contribution >= 0.6 is 0 Å². The normalized spacial score (nSPS) is 11.3. The number of rotatable bonds is 7. The Bertz CT molecular complexity index is 246. The van der Waals surface area contributed by atoms with Crippen molar-refractivity contribution in [2.45, 2.75) is 6.42 Å². The van der Waals surface area contributed by atoms with Gasteiger partial charge in [0.1, 0.15) is 0 Å². The van der Waals surface area contributed by atoms with Crippen LogP contribution in [0.1, 0.15) is 6.42 Å². The largest absolute Gasteiger partial charge is 0.339 e. The van der Waals surface area contributed by atoms with E-state index in [0.29, 0.717) is 12.6 Å². The Morgan fingerprint density at radius 3 is 2.80 bits per heavy atom. The zero-order valence-corrected chi connectivity index (χ0v) is 9.14. The Labute approximate surface area is 88.8 Å². The number of tetrazole rings is 1. The van der Waals surface area contributed by atoms with Gasteiger partial charge >= 0.3 is 0 Å². The lowest BCUT2D eigenvalue weighted by atomic mass is 10.4. The Hall–Kier alpha value is -1.25. The molecular weight excluding hydrogens is 196 g/mol. The summed E-state index contributed by atoms with van der Waals surface area (Å²) in [6.07, 6.45) is 1.03. The molecule has 0 aromatic carbocycles. The summed E-state index contributed by atoms with van der Waals surface area (Å²) in [6.45, 7) is 2.37. The van der Waals surface area contributed by atoms with Gasteiger partial charge in [-0.1, -0.05) is 5.10 Å². The first-order valence-corrected chi connectivity index (χ1v) is 4.80. The third-order valence-corrected chi connectivity index (χ3v) is 1.85. The van der Waals surface area contributed by atoms with Crippen molar-refractivity contribution in [2.75, 3.05) is 39.2 Å². The number of aromatic nitrogens is 4. The number of aromatic amines is 1. The van der Waals surface area contributed by atoms with Gasteiger partial charge in [-0.15, -0.1) is 0 Å². The van der Waals surface area contributed by atoms with Gasteiger partial charge in [0.25, 0.3) is 0 Å². The second-order valence-corrected chi connectivity index (χ2v) is 3.55. The van der Waals surface area contributed by atoms with Crippen LogP contribution in [0.4, 0.5) is 5.95 Å². The molecule has 8 heteroatoms. The average Bonchev–Trinajstić information content (AvgIpc) is 2.66. The maximum absolute atomic E-state index is 5.75.